The SMILES string of the molecule is CCCC[C@H](Nc1ncnc2ccc(Br)cc12)C(=O)N1CCN(C)CC1. The van der Waals surface area contributed by atoms with Crippen LogP contribution in [0.1, 0.15) is 26.2 Å². The summed E-state index contributed by atoms with van der Waals surface area (Å²) in [4.78, 5) is 26.1. The molecule has 1 aliphatic rings. The highest BCUT2D eigenvalue weighted by Gasteiger charge is 2.27. The second kappa shape index (κ2) is 8.77. The lowest BCUT2D eigenvalue weighted by Crippen LogP contribution is -2.51. The van der Waals surface area contributed by atoms with Crippen LogP contribution in [0.5, 0.6) is 0 Å². The number of anilines is 1. The molecule has 7 heteroatoms. The molecule has 1 aliphatic heterocycles. The summed E-state index contributed by atoms with van der Waals surface area (Å²) in [6.07, 6.45) is 4.42. The van der Waals surface area contributed by atoms with E-state index in [9.17, 15) is 4.79 Å². The van der Waals surface area contributed by atoms with Gasteiger partial charge >= 0.3 is 0 Å². The fraction of sp³-hybridized carbons (Fsp3) is 0.526. The Hall–Kier alpha value is -1.73. The number of fused-ring (bicyclic) bond motifs is 1. The number of piperazine rings is 1. The monoisotopic (exact) mass is 419 g/mol. The lowest BCUT2D eigenvalue weighted by Gasteiger charge is -2.35. The third-order valence-corrected chi connectivity index (χ3v) is 5.36. The number of carbonyl (C=O) groups is 1. The summed E-state index contributed by atoms with van der Waals surface area (Å²) >= 11 is 3.51. The van der Waals surface area contributed by atoms with Gasteiger partial charge in [-0.2, -0.15) is 0 Å². The Morgan fingerprint density at radius 2 is 2.04 bits per heavy atom. The molecule has 1 fully saturated rings. The van der Waals surface area contributed by atoms with Crippen molar-refractivity contribution < 1.29 is 4.79 Å². The summed E-state index contributed by atoms with van der Waals surface area (Å²) in [7, 11) is 2.10. The molecule has 140 valence electrons. The number of carbonyl (C=O) groups excluding carboxylic acids is 1. The molecule has 2 aromatic rings. The van der Waals surface area contributed by atoms with E-state index in [2.05, 4.69) is 50.1 Å². The highest BCUT2D eigenvalue weighted by Crippen LogP contribution is 2.24. The van der Waals surface area contributed by atoms with Gasteiger partial charge in [0, 0.05) is 36.0 Å². The van der Waals surface area contributed by atoms with Gasteiger partial charge in [-0.1, -0.05) is 35.7 Å². The van der Waals surface area contributed by atoms with Crippen LogP contribution in [0.2, 0.25) is 0 Å². The van der Waals surface area contributed by atoms with Gasteiger partial charge in [0.05, 0.1) is 5.52 Å². The first kappa shape index (κ1) is 19.0. The molecule has 0 spiro atoms. The molecule has 3 rings (SSSR count). The zero-order valence-corrected chi connectivity index (χ0v) is 17.0. The van der Waals surface area contributed by atoms with Crippen LogP contribution in [0.25, 0.3) is 10.9 Å². The van der Waals surface area contributed by atoms with Crippen LogP contribution in [0.4, 0.5) is 5.82 Å². The Balaban J connectivity index is 1.82. The Labute approximate surface area is 163 Å². The Morgan fingerprint density at radius 3 is 2.77 bits per heavy atom. The van der Waals surface area contributed by atoms with E-state index in [1.807, 2.05) is 23.1 Å². The van der Waals surface area contributed by atoms with Gasteiger partial charge < -0.3 is 15.1 Å². The molecule has 1 aromatic carbocycles. The molecule has 0 saturated carbocycles. The van der Waals surface area contributed by atoms with Gasteiger partial charge in [-0.3, -0.25) is 4.79 Å². The normalized spacial score (nSPS) is 16.7. The van der Waals surface area contributed by atoms with E-state index in [1.165, 1.54) is 0 Å². The molecule has 1 aromatic heterocycles. The molecule has 0 radical (unpaired) electrons. The second-order valence-corrected chi connectivity index (χ2v) is 7.77. The Morgan fingerprint density at radius 1 is 1.27 bits per heavy atom. The van der Waals surface area contributed by atoms with Gasteiger partial charge in [0.15, 0.2) is 0 Å². The summed E-state index contributed by atoms with van der Waals surface area (Å²) in [6.45, 7) is 5.57. The van der Waals surface area contributed by atoms with Crippen LogP contribution in [0.3, 0.4) is 0 Å². The lowest BCUT2D eigenvalue weighted by molar-refractivity contribution is -0.133. The maximum absolute atomic E-state index is 13.1. The summed E-state index contributed by atoms with van der Waals surface area (Å²) in [5, 5.41) is 4.34. The van der Waals surface area contributed by atoms with Crippen molar-refractivity contribution in [1.29, 1.82) is 0 Å². The quantitative estimate of drug-likeness (QED) is 0.778. The molecule has 0 aliphatic carbocycles. The first-order chi connectivity index (χ1) is 12.6. The fourth-order valence-electron chi connectivity index (χ4n) is 3.22. The number of rotatable bonds is 6. The van der Waals surface area contributed by atoms with Crippen molar-refractivity contribution in [2.75, 3.05) is 38.5 Å². The summed E-state index contributed by atoms with van der Waals surface area (Å²) in [5.41, 5.74) is 0.868. The van der Waals surface area contributed by atoms with Gasteiger partial charge in [-0.25, -0.2) is 9.97 Å². The number of benzene rings is 1. The smallest absolute Gasteiger partial charge is 0.245 e. The van der Waals surface area contributed by atoms with E-state index >= 15 is 0 Å². The third kappa shape index (κ3) is 4.51. The van der Waals surface area contributed by atoms with E-state index in [-0.39, 0.29) is 11.9 Å². The zero-order valence-electron chi connectivity index (χ0n) is 15.4. The van der Waals surface area contributed by atoms with E-state index < -0.39 is 0 Å². The molecule has 26 heavy (non-hydrogen) atoms. The third-order valence-electron chi connectivity index (χ3n) is 4.87. The van der Waals surface area contributed by atoms with Gasteiger partial charge in [-0.15, -0.1) is 0 Å². The second-order valence-electron chi connectivity index (χ2n) is 6.85. The number of aromatic nitrogens is 2. The number of halogens is 1. The van der Waals surface area contributed by atoms with E-state index in [1.54, 1.807) is 6.33 Å². The highest BCUT2D eigenvalue weighted by molar-refractivity contribution is 9.10. The van der Waals surface area contributed by atoms with Crippen LogP contribution >= 0.6 is 15.9 Å². The van der Waals surface area contributed by atoms with Crippen LogP contribution < -0.4 is 5.32 Å². The molecule has 0 bridgehead atoms. The Bertz CT molecular complexity index is 761. The number of unbranched alkanes of at least 4 members (excludes halogenated alkanes) is 1. The summed E-state index contributed by atoms with van der Waals surface area (Å²) in [6, 6.07) is 5.66. The molecular weight excluding hydrogens is 394 g/mol. The number of amides is 1. The van der Waals surface area contributed by atoms with Crippen LogP contribution in [0.15, 0.2) is 29.0 Å². The van der Waals surface area contributed by atoms with Crippen molar-refractivity contribution in [2.45, 2.75) is 32.2 Å². The average Bonchev–Trinajstić information content (AvgIpc) is 2.65. The number of likely N-dealkylation sites (N-methyl/N-ethyl adjacent to an activating group) is 1. The molecule has 1 saturated heterocycles. The van der Waals surface area contributed by atoms with E-state index in [4.69, 9.17) is 0 Å². The largest absolute Gasteiger partial charge is 0.358 e. The number of hydrogen-bond donors (Lipinski definition) is 1. The van der Waals surface area contributed by atoms with Crippen LogP contribution in [-0.2, 0) is 4.79 Å². The fourth-order valence-corrected chi connectivity index (χ4v) is 3.58. The standard InChI is InChI=1S/C19H26BrN5O/c1-3-4-5-17(19(26)25-10-8-24(2)9-11-25)23-18-15-12-14(20)6-7-16(15)21-13-22-18/h6-7,12-13,17H,3-5,8-11H2,1-2H3,(H,21,22,23)/t17-/m0/s1. The number of nitrogens with zero attached hydrogens (tertiary/aromatic N) is 4. The minimum Gasteiger partial charge on any atom is -0.358 e. The van der Waals surface area contributed by atoms with Crippen molar-refractivity contribution in [1.82, 2.24) is 19.8 Å². The molecule has 1 atom stereocenters. The van der Waals surface area contributed by atoms with Crippen molar-refractivity contribution >= 4 is 38.6 Å². The zero-order chi connectivity index (χ0) is 18.5. The van der Waals surface area contributed by atoms with Crippen LogP contribution in [-0.4, -0.2) is 64.9 Å². The van der Waals surface area contributed by atoms with Crippen molar-refractivity contribution in [2.24, 2.45) is 0 Å². The predicted octanol–water partition coefficient (Wildman–Crippen LogP) is 3.14. The van der Waals surface area contributed by atoms with Crippen molar-refractivity contribution in [3.05, 3.63) is 29.0 Å². The topological polar surface area (TPSA) is 61.4 Å². The first-order valence-electron chi connectivity index (χ1n) is 9.22. The molecule has 1 N–H and O–H groups in total. The number of nitrogens with one attached hydrogen (secondary N) is 1. The Kier molecular flexibility index (Phi) is 6.43. The van der Waals surface area contributed by atoms with Gasteiger partial charge in [0.2, 0.25) is 5.91 Å². The minimum absolute atomic E-state index is 0.174. The predicted molar refractivity (Wildman–Crippen MR) is 108 cm³/mol. The van der Waals surface area contributed by atoms with Crippen molar-refractivity contribution in [3.63, 3.8) is 0 Å². The summed E-state index contributed by atoms with van der Waals surface area (Å²) < 4.78 is 0.971. The van der Waals surface area contributed by atoms with E-state index in [0.29, 0.717) is 0 Å². The minimum atomic E-state index is -0.254. The lowest BCUT2D eigenvalue weighted by atomic mass is 10.1. The molecule has 1 amide bonds. The maximum Gasteiger partial charge on any atom is 0.245 e. The van der Waals surface area contributed by atoms with Crippen LogP contribution in [0, 0.1) is 0 Å². The van der Waals surface area contributed by atoms with Crippen molar-refractivity contribution in [3.8, 4) is 0 Å². The molecular formula is C19H26BrN5O. The average molecular weight is 420 g/mol. The maximum atomic E-state index is 13.1. The van der Waals surface area contributed by atoms with Gasteiger partial charge in [0.25, 0.3) is 0 Å². The van der Waals surface area contributed by atoms with E-state index in [0.717, 1.165) is 66.6 Å². The number of hydrogen-bond acceptors (Lipinski definition) is 5. The molecule has 0 unspecified atom stereocenters. The van der Waals surface area contributed by atoms with Gasteiger partial charge in [-0.05, 0) is 31.7 Å². The molecule has 6 nitrogen and oxygen atoms in total. The first-order valence-corrected chi connectivity index (χ1v) is 10.0. The highest BCUT2D eigenvalue weighted by atomic mass is 79.9. The molecule has 2 heterocycles. The van der Waals surface area contributed by atoms with Gasteiger partial charge in [0.1, 0.15) is 18.2 Å². The summed E-state index contributed by atoms with van der Waals surface area (Å²) in [5.74, 6) is 0.896.